The highest BCUT2D eigenvalue weighted by molar-refractivity contribution is 6.99. The molecule has 7 heterocycles. The van der Waals surface area contributed by atoms with Crippen LogP contribution in [0.2, 0.25) is 0 Å². The maximum Gasteiger partial charge on any atom is 0.256 e. The molecule has 0 saturated heterocycles. The summed E-state index contributed by atoms with van der Waals surface area (Å²) in [6.45, 7) is 49.0. The van der Waals surface area contributed by atoms with Crippen LogP contribution in [-0.4, -0.2) is 25.8 Å². The molecule has 0 atom stereocenters. The maximum atomic E-state index is 8.19. The Hall–Kier alpha value is -10.9. The lowest BCUT2D eigenvalue weighted by molar-refractivity contribution is 0.487. The summed E-state index contributed by atoms with van der Waals surface area (Å²) in [6.07, 6.45) is 0. The molecule has 17 rings (SSSR count). The van der Waals surface area contributed by atoms with Gasteiger partial charge in [0.25, 0.3) is 6.71 Å². The molecule has 10 aromatic carbocycles. The first kappa shape index (κ1) is 66.3. The zero-order chi connectivity index (χ0) is 72.8. The van der Waals surface area contributed by atoms with Crippen molar-refractivity contribution in [1.29, 1.82) is 0 Å². The zero-order valence-corrected chi connectivity index (χ0v) is 63.3. The van der Waals surface area contributed by atoms with Crippen LogP contribution in [0, 0.1) is 6.57 Å². The normalized spacial score (nSPS) is 13.5. The molecule has 0 unspecified atom stereocenters. The van der Waals surface area contributed by atoms with Crippen LogP contribution in [0.4, 0.5) is 22.7 Å². The van der Waals surface area contributed by atoms with Crippen LogP contribution in [0.15, 0.2) is 217 Å². The van der Waals surface area contributed by atoms with Gasteiger partial charge in [-0.1, -0.05) is 216 Å². The molecule has 2 aliphatic rings. The fourth-order valence-electron chi connectivity index (χ4n) is 16.0. The van der Waals surface area contributed by atoms with Gasteiger partial charge in [-0.25, -0.2) is 4.85 Å². The van der Waals surface area contributed by atoms with Crippen LogP contribution >= 0.6 is 0 Å². The van der Waals surface area contributed by atoms with Gasteiger partial charge in [-0.15, -0.1) is 0 Å². The van der Waals surface area contributed by atoms with Gasteiger partial charge < -0.3 is 23.2 Å². The van der Waals surface area contributed by atoms with Crippen LogP contribution in [-0.2, 0) is 32.5 Å². The largest absolute Gasteiger partial charge is 0.458 e. The summed E-state index contributed by atoms with van der Waals surface area (Å²) in [5.41, 5.74) is 26.8. The number of pyridine rings is 2. The first-order chi connectivity index (χ1) is 49.3. The Bertz CT molecular complexity index is 5950. The fourth-order valence-corrected chi connectivity index (χ4v) is 16.0. The van der Waals surface area contributed by atoms with Crippen LogP contribution in [0.25, 0.3) is 115 Å². The standard InChI is InChI=1S/C95H89BN6O2/c1-90(2,3)59-32-39-75-68(50-59)69-51-60(91(4,5)6)33-40-76(69)101(75)63-36-38-73-82(54-63)104-83-45-56(55-31-42-81-71(43-55)67-26-21-23-30-80(67)103-81)44-79-88(83)96(73)72-37-35-62(100-74-29-22-20-25-66(74)70-52-61(97-19)34-41-77(70)100)53-78(72)102(79)89-64(57-46-84(92(7,8)9)98-85(47-57)93(10,11)12)27-24-28-65(89)58-48-86(94(13,14)15)99-87(49-58)95(16,17)18/h20-54H,1-18H3. The van der Waals surface area contributed by atoms with Gasteiger partial charge >= 0.3 is 0 Å². The number of para-hydroxylation sites is 3. The molecule has 0 fully saturated rings. The van der Waals surface area contributed by atoms with E-state index in [0.717, 1.165) is 167 Å². The number of aromatic nitrogens is 4. The number of anilines is 3. The number of furan rings is 1. The monoisotopic (exact) mass is 1360 g/mol. The number of rotatable bonds is 6. The van der Waals surface area contributed by atoms with Crippen molar-refractivity contribution in [3.8, 4) is 56.3 Å². The van der Waals surface area contributed by atoms with E-state index in [9.17, 15) is 0 Å². The molecule has 104 heavy (non-hydrogen) atoms. The van der Waals surface area contributed by atoms with Crippen LogP contribution < -0.4 is 26.0 Å². The van der Waals surface area contributed by atoms with Crippen molar-refractivity contribution in [3.05, 3.63) is 258 Å². The SMILES string of the molecule is [C-]#[N+]c1ccc2c(c1)c1ccccc1n2-c1ccc2c(c1)N(c1c(-c3cc(C(C)(C)C)nc(C(C)(C)C)c3)cccc1-c1cc(C(C)(C)C)nc(C(C)(C)C)c1)c1cc(-c3ccc4oc5ccccc5c4c3)cc3c1B2c1ccc(-n2c4ccc(C(C)(C)C)cc4c4cc(C(C)(C)C)ccc42)cc1O3. The first-order valence-corrected chi connectivity index (χ1v) is 36.8. The molecule has 2 aliphatic heterocycles. The molecular weight excluding hydrogens is 1270 g/mol. The van der Waals surface area contributed by atoms with Crippen molar-refractivity contribution < 1.29 is 9.15 Å². The molecule has 0 spiro atoms. The van der Waals surface area contributed by atoms with E-state index in [1.54, 1.807) is 0 Å². The van der Waals surface area contributed by atoms with Crippen molar-refractivity contribution in [2.75, 3.05) is 4.90 Å². The van der Waals surface area contributed by atoms with Gasteiger partial charge in [0, 0.05) is 111 Å². The molecule has 9 heteroatoms. The summed E-state index contributed by atoms with van der Waals surface area (Å²) in [6, 6.07) is 79.1. The molecule has 0 radical (unpaired) electrons. The van der Waals surface area contributed by atoms with Crippen molar-refractivity contribution in [2.45, 2.75) is 157 Å². The van der Waals surface area contributed by atoms with Gasteiger partial charge in [0.05, 0.1) is 34.3 Å². The van der Waals surface area contributed by atoms with Crippen molar-refractivity contribution in [2.24, 2.45) is 0 Å². The molecule has 8 nitrogen and oxygen atoms in total. The van der Waals surface area contributed by atoms with E-state index in [4.69, 9.17) is 25.7 Å². The minimum atomic E-state index is -0.300. The van der Waals surface area contributed by atoms with Gasteiger partial charge in [-0.2, -0.15) is 0 Å². The highest BCUT2D eigenvalue weighted by atomic mass is 16.5. The van der Waals surface area contributed by atoms with E-state index >= 15 is 0 Å². The molecule has 5 aromatic heterocycles. The minimum absolute atomic E-state index is 0.0506. The lowest BCUT2D eigenvalue weighted by Gasteiger charge is -2.42. The second-order valence-corrected chi connectivity index (χ2v) is 35.5. The number of benzene rings is 10. The summed E-state index contributed by atoms with van der Waals surface area (Å²) < 4.78 is 19.3. The lowest BCUT2D eigenvalue weighted by Crippen LogP contribution is -2.59. The van der Waals surface area contributed by atoms with Crippen LogP contribution in [0.5, 0.6) is 11.5 Å². The number of ether oxygens (including phenoxy) is 1. The Morgan fingerprint density at radius 2 is 0.856 bits per heavy atom. The Morgan fingerprint density at radius 1 is 0.356 bits per heavy atom. The topological polar surface area (TPSA) is 65.6 Å². The van der Waals surface area contributed by atoms with E-state index in [1.807, 2.05) is 12.1 Å². The zero-order valence-electron chi connectivity index (χ0n) is 63.3. The predicted octanol–water partition coefficient (Wildman–Crippen LogP) is 24.3. The predicted molar refractivity (Wildman–Crippen MR) is 439 cm³/mol. The molecule has 0 aliphatic carbocycles. The Morgan fingerprint density at radius 3 is 1.41 bits per heavy atom. The smallest absolute Gasteiger partial charge is 0.256 e. The van der Waals surface area contributed by atoms with E-state index in [2.05, 4.69) is 344 Å². The molecule has 0 bridgehead atoms. The number of nitrogens with zero attached hydrogens (tertiary/aromatic N) is 6. The summed E-state index contributed by atoms with van der Waals surface area (Å²) in [7, 11) is 0. The minimum Gasteiger partial charge on any atom is -0.458 e. The summed E-state index contributed by atoms with van der Waals surface area (Å²) in [4.78, 5) is 17.6. The fraction of sp³-hybridized carbons (Fsp3) is 0.253. The Balaban J connectivity index is 1.01. The number of fused-ring (bicyclic) bond motifs is 13. The molecule has 15 aromatic rings. The molecule has 514 valence electrons. The molecule has 0 saturated carbocycles. The average molecular weight is 1360 g/mol. The van der Waals surface area contributed by atoms with Gasteiger partial charge in [-0.3, -0.25) is 9.97 Å². The summed E-state index contributed by atoms with van der Waals surface area (Å²) >= 11 is 0. The van der Waals surface area contributed by atoms with Crippen molar-refractivity contribution >= 4 is 111 Å². The number of hydrogen-bond acceptors (Lipinski definition) is 5. The third-order valence-corrected chi connectivity index (χ3v) is 21.9. The van der Waals surface area contributed by atoms with Gasteiger partial charge in [-0.05, 0) is 181 Å². The lowest BCUT2D eigenvalue weighted by atomic mass is 9.34. The highest BCUT2D eigenvalue weighted by Crippen LogP contribution is 2.53. The summed E-state index contributed by atoms with van der Waals surface area (Å²) in [5, 5.41) is 6.70. The van der Waals surface area contributed by atoms with Gasteiger partial charge in [0.15, 0.2) is 5.69 Å². The molecular formula is C95H89BN6O2. The van der Waals surface area contributed by atoms with Crippen molar-refractivity contribution in [3.63, 3.8) is 0 Å². The van der Waals surface area contributed by atoms with Gasteiger partial charge in [0.1, 0.15) is 22.7 Å². The second kappa shape index (κ2) is 23.0. The third kappa shape index (κ3) is 10.8. The first-order valence-electron chi connectivity index (χ1n) is 36.8. The van der Waals surface area contributed by atoms with Crippen LogP contribution in [0.1, 0.15) is 159 Å². The Labute approximate surface area is 611 Å². The summed E-state index contributed by atoms with van der Waals surface area (Å²) in [5.74, 6) is 1.59. The third-order valence-electron chi connectivity index (χ3n) is 21.9. The van der Waals surface area contributed by atoms with E-state index in [-0.39, 0.29) is 39.2 Å². The Kier molecular flexibility index (Phi) is 14.7. The van der Waals surface area contributed by atoms with E-state index in [0.29, 0.717) is 5.69 Å². The van der Waals surface area contributed by atoms with Gasteiger partial charge in [0.2, 0.25) is 0 Å². The second-order valence-electron chi connectivity index (χ2n) is 35.5. The number of hydrogen-bond donors (Lipinski definition) is 0. The average Bonchev–Trinajstić information content (AvgIpc) is 0.804. The van der Waals surface area contributed by atoms with Crippen molar-refractivity contribution in [1.82, 2.24) is 19.1 Å². The maximum absolute atomic E-state index is 8.19. The highest BCUT2D eigenvalue weighted by Gasteiger charge is 2.44. The molecule has 0 amide bonds. The van der Waals surface area contributed by atoms with E-state index in [1.165, 1.54) is 21.9 Å². The molecule has 0 N–H and O–H groups in total. The van der Waals surface area contributed by atoms with Crippen LogP contribution in [0.3, 0.4) is 0 Å². The van der Waals surface area contributed by atoms with E-state index < -0.39 is 0 Å². The quantitative estimate of drug-likeness (QED) is 0.123.